The summed E-state index contributed by atoms with van der Waals surface area (Å²) in [6.07, 6.45) is 8.74. The molecular formula is C15H21N7O. The highest BCUT2D eigenvalue weighted by atomic mass is 16.1. The summed E-state index contributed by atoms with van der Waals surface area (Å²) in [5.74, 6) is 0.971. The van der Waals surface area contributed by atoms with Gasteiger partial charge in [-0.1, -0.05) is 0 Å². The Labute approximate surface area is 134 Å². The molecule has 1 aliphatic rings. The molecule has 122 valence electrons. The molecule has 0 bridgehead atoms. The van der Waals surface area contributed by atoms with Crippen LogP contribution in [0.1, 0.15) is 29.8 Å². The largest absolute Gasteiger partial charge is 0.355 e. The van der Waals surface area contributed by atoms with Crippen LogP contribution < -0.4 is 15.5 Å². The molecule has 1 aliphatic heterocycles. The molecule has 2 N–H and O–H groups in total. The number of aromatic nitrogens is 4. The highest BCUT2D eigenvalue weighted by molar-refractivity contribution is 5.97. The lowest BCUT2D eigenvalue weighted by atomic mass is 10.1. The lowest BCUT2D eigenvalue weighted by Crippen LogP contribution is -2.31. The zero-order chi connectivity index (χ0) is 16.2. The number of hydrogen-bond acceptors (Lipinski definition) is 6. The van der Waals surface area contributed by atoms with Crippen LogP contribution in [0, 0.1) is 0 Å². The van der Waals surface area contributed by atoms with Crippen molar-refractivity contribution in [1.82, 2.24) is 25.1 Å². The van der Waals surface area contributed by atoms with Crippen molar-refractivity contribution in [2.75, 3.05) is 30.4 Å². The van der Waals surface area contributed by atoms with Crippen molar-refractivity contribution in [3.05, 3.63) is 24.3 Å². The molecule has 3 heterocycles. The van der Waals surface area contributed by atoms with E-state index in [0.29, 0.717) is 5.82 Å². The number of aryl methyl sites for hydroxylation is 1. The molecule has 0 saturated carbocycles. The number of amides is 1. The summed E-state index contributed by atoms with van der Waals surface area (Å²) < 4.78 is 1.68. The predicted octanol–water partition coefficient (Wildman–Crippen LogP) is 1.30. The van der Waals surface area contributed by atoms with Gasteiger partial charge in [-0.15, -0.1) is 0 Å². The quantitative estimate of drug-likeness (QED) is 0.884. The zero-order valence-electron chi connectivity index (χ0n) is 13.4. The van der Waals surface area contributed by atoms with E-state index in [0.717, 1.165) is 37.4 Å². The Morgan fingerprint density at radius 3 is 2.65 bits per heavy atom. The summed E-state index contributed by atoms with van der Waals surface area (Å²) in [5, 5.41) is 9.85. The minimum atomic E-state index is -0.269. The molecule has 1 fully saturated rings. The Balaban J connectivity index is 1.92. The lowest BCUT2D eigenvalue weighted by Gasteiger charge is -2.27. The van der Waals surface area contributed by atoms with Crippen molar-refractivity contribution >= 4 is 23.2 Å². The third-order valence-corrected chi connectivity index (χ3v) is 3.85. The molecule has 1 amide bonds. The van der Waals surface area contributed by atoms with E-state index < -0.39 is 0 Å². The van der Waals surface area contributed by atoms with E-state index in [2.05, 4.69) is 30.6 Å². The molecule has 23 heavy (non-hydrogen) atoms. The van der Waals surface area contributed by atoms with Crippen LogP contribution in [0.2, 0.25) is 0 Å². The Hall–Kier alpha value is -2.64. The van der Waals surface area contributed by atoms with Gasteiger partial charge in [0.25, 0.3) is 5.91 Å². The van der Waals surface area contributed by atoms with Crippen LogP contribution in [0.4, 0.5) is 17.3 Å². The molecule has 0 spiro atoms. The summed E-state index contributed by atoms with van der Waals surface area (Å²) >= 11 is 0. The van der Waals surface area contributed by atoms with Gasteiger partial charge in [0, 0.05) is 33.4 Å². The van der Waals surface area contributed by atoms with Gasteiger partial charge in [0.05, 0.1) is 18.1 Å². The standard InChI is InChI=1S/C15H21N7O/c1-16-15(23)13-14(19-11-8-18-21(2)10-11)20-12(9-17-13)22-6-4-3-5-7-22/h8-10H,3-7H2,1-2H3,(H,16,23)(H,19,20). The molecule has 3 rings (SSSR count). The number of hydrogen-bond donors (Lipinski definition) is 2. The second-order valence-electron chi connectivity index (χ2n) is 5.58. The smallest absolute Gasteiger partial charge is 0.273 e. The summed E-state index contributed by atoms with van der Waals surface area (Å²) in [4.78, 5) is 23.2. The van der Waals surface area contributed by atoms with E-state index in [1.54, 1.807) is 24.1 Å². The van der Waals surface area contributed by atoms with Crippen LogP contribution in [-0.2, 0) is 7.05 Å². The van der Waals surface area contributed by atoms with Gasteiger partial charge in [-0.3, -0.25) is 9.48 Å². The molecular weight excluding hydrogens is 294 g/mol. The zero-order valence-corrected chi connectivity index (χ0v) is 13.4. The average Bonchev–Trinajstić information content (AvgIpc) is 3.00. The third-order valence-electron chi connectivity index (χ3n) is 3.85. The minimum absolute atomic E-state index is 0.269. The van der Waals surface area contributed by atoms with Gasteiger partial charge in [0.2, 0.25) is 0 Å². The fourth-order valence-electron chi connectivity index (χ4n) is 2.65. The molecule has 0 atom stereocenters. The highest BCUT2D eigenvalue weighted by Crippen LogP contribution is 2.23. The average molecular weight is 315 g/mol. The molecule has 0 aromatic carbocycles. The fourth-order valence-corrected chi connectivity index (χ4v) is 2.65. The highest BCUT2D eigenvalue weighted by Gasteiger charge is 2.19. The normalized spacial score (nSPS) is 14.6. The van der Waals surface area contributed by atoms with Gasteiger partial charge in [-0.2, -0.15) is 5.10 Å². The van der Waals surface area contributed by atoms with Crippen molar-refractivity contribution in [3.8, 4) is 0 Å². The fraction of sp³-hybridized carbons (Fsp3) is 0.467. The van der Waals surface area contributed by atoms with Gasteiger partial charge < -0.3 is 15.5 Å². The molecule has 8 nitrogen and oxygen atoms in total. The number of rotatable bonds is 4. The van der Waals surface area contributed by atoms with E-state index >= 15 is 0 Å². The number of carbonyl (C=O) groups excluding carboxylic acids is 1. The number of carbonyl (C=O) groups is 1. The van der Waals surface area contributed by atoms with Crippen LogP contribution in [-0.4, -0.2) is 45.8 Å². The Morgan fingerprint density at radius 2 is 2.00 bits per heavy atom. The Kier molecular flexibility index (Phi) is 4.40. The maximum atomic E-state index is 12.0. The first-order valence-electron chi connectivity index (χ1n) is 7.77. The predicted molar refractivity (Wildman–Crippen MR) is 88.0 cm³/mol. The number of piperidine rings is 1. The van der Waals surface area contributed by atoms with E-state index in [1.807, 2.05) is 13.2 Å². The van der Waals surface area contributed by atoms with Gasteiger partial charge in [0.1, 0.15) is 5.82 Å². The summed E-state index contributed by atoms with van der Waals surface area (Å²) in [5.41, 5.74) is 1.04. The first-order chi connectivity index (χ1) is 11.2. The van der Waals surface area contributed by atoms with Crippen LogP contribution in [0.5, 0.6) is 0 Å². The van der Waals surface area contributed by atoms with Gasteiger partial charge in [-0.25, -0.2) is 9.97 Å². The summed E-state index contributed by atoms with van der Waals surface area (Å²) in [6, 6.07) is 0. The van der Waals surface area contributed by atoms with Crippen molar-refractivity contribution in [1.29, 1.82) is 0 Å². The summed E-state index contributed by atoms with van der Waals surface area (Å²) in [6.45, 7) is 1.95. The van der Waals surface area contributed by atoms with Crippen molar-refractivity contribution in [2.24, 2.45) is 7.05 Å². The van der Waals surface area contributed by atoms with E-state index in [9.17, 15) is 4.79 Å². The molecule has 2 aromatic heterocycles. The minimum Gasteiger partial charge on any atom is -0.355 e. The van der Waals surface area contributed by atoms with Crippen LogP contribution in [0.3, 0.4) is 0 Å². The first-order valence-corrected chi connectivity index (χ1v) is 7.77. The second-order valence-corrected chi connectivity index (χ2v) is 5.58. The molecule has 0 radical (unpaired) electrons. The lowest BCUT2D eigenvalue weighted by molar-refractivity contribution is 0.0959. The van der Waals surface area contributed by atoms with Gasteiger partial charge >= 0.3 is 0 Å². The van der Waals surface area contributed by atoms with Crippen molar-refractivity contribution in [3.63, 3.8) is 0 Å². The Morgan fingerprint density at radius 1 is 1.22 bits per heavy atom. The molecule has 8 heteroatoms. The third kappa shape index (κ3) is 3.41. The van der Waals surface area contributed by atoms with Crippen LogP contribution in [0.25, 0.3) is 0 Å². The maximum absolute atomic E-state index is 12.0. The Bertz CT molecular complexity index is 691. The molecule has 1 saturated heterocycles. The van der Waals surface area contributed by atoms with E-state index in [1.165, 1.54) is 6.42 Å². The van der Waals surface area contributed by atoms with Crippen molar-refractivity contribution < 1.29 is 4.79 Å². The second kappa shape index (κ2) is 6.64. The molecule has 0 unspecified atom stereocenters. The monoisotopic (exact) mass is 315 g/mol. The molecule has 2 aromatic rings. The first kappa shape index (κ1) is 15.3. The number of anilines is 3. The van der Waals surface area contributed by atoms with Gasteiger partial charge in [0.15, 0.2) is 11.5 Å². The SMILES string of the molecule is CNC(=O)c1ncc(N2CCCCC2)nc1Nc1cnn(C)c1. The topological polar surface area (TPSA) is 88.0 Å². The van der Waals surface area contributed by atoms with E-state index in [-0.39, 0.29) is 11.6 Å². The van der Waals surface area contributed by atoms with E-state index in [4.69, 9.17) is 0 Å². The summed E-state index contributed by atoms with van der Waals surface area (Å²) in [7, 11) is 3.41. The van der Waals surface area contributed by atoms with Crippen molar-refractivity contribution in [2.45, 2.75) is 19.3 Å². The van der Waals surface area contributed by atoms with Crippen LogP contribution >= 0.6 is 0 Å². The maximum Gasteiger partial charge on any atom is 0.273 e. The molecule has 0 aliphatic carbocycles. The number of nitrogens with zero attached hydrogens (tertiary/aromatic N) is 5. The van der Waals surface area contributed by atoms with Gasteiger partial charge in [-0.05, 0) is 19.3 Å². The van der Waals surface area contributed by atoms with Crippen LogP contribution in [0.15, 0.2) is 18.6 Å². The number of nitrogens with one attached hydrogen (secondary N) is 2.